The van der Waals surface area contributed by atoms with Crippen LogP contribution in [0.3, 0.4) is 0 Å². The van der Waals surface area contributed by atoms with E-state index >= 15 is 0 Å². The first-order chi connectivity index (χ1) is 11.7. The number of benzene rings is 2. The molecule has 128 valence electrons. The lowest BCUT2D eigenvalue weighted by atomic mass is 10.0. The van der Waals surface area contributed by atoms with Crippen LogP contribution >= 0.6 is 0 Å². The van der Waals surface area contributed by atoms with Crippen molar-refractivity contribution in [1.29, 1.82) is 0 Å². The van der Waals surface area contributed by atoms with Gasteiger partial charge >= 0.3 is 0 Å². The third-order valence-corrected chi connectivity index (χ3v) is 3.99. The number of hydrogen-bond donors (Lipinski definition) is 2. The molecular weight excluding hydrogens is 300 g/mol. The highest BCUT2D eigenvalue weighted by Crippen LogP contribution is 2.23. The normalized spacial score (nSPS) is 11.5. The zero-order valence-corrected chi connectivity index (χ0v) is 14.2. The molecule has 3 N–H and O–H groups in total. The molecule has 0 saturated heterocycles. The first-order valence-electron chi connectivity index (χ1n) is 8.55. The van der Waals surface area contributed by atoms with Crippen molar-refractivity contribution < 1.29 is 9.94 Å². The Morgan fingerprint density at radius 2 is 1.50 bits per heavy atom. The van der Waals surface area contributed by atoms with E-state index in [0.29, 0.717) is 5.56 Å². The highest BCUT2D eigenvalue weighted by molar-refractivity contribution is 5.97. The number of rotatable bonds is 9. The van der Waals surface area contributed by atoms with Crippen molar-refractivity contribution in [2.75, 3.05) is 6.61 Å². The smallest absolute Gasteiger partial charge is 0.170 e. The van der Waals surface area contributed by atoms with Gasteiger partial charge in [0.1, 0.15) is 5.75 Å². The van der Waals surface area contributed by atoms with E-state index in [1.165, 1.54) is 25.7 Å². The lowest BCUT2D eigenvalue weighted by Crippen LogP contribution is -2.12. The van der Waals surface area contributed by atoms with E-state index in [1.54, 1.807) is 0 Å². The molecule has 0 fully saturated rings. The molecule has 2 aromatic rings. The van der Waals surface area contributed by atoms with Gasteiger partial charge in [-0.2, -0.15) is 0 Å². The molecular formula is C20H26N2O2. The molecule has 0 bridgehead atoms. The van der Waals surface area contributed by atoms with Crippen LogP contribution in [0, 0.1) is 0 Å². The van der Waals surface area contributed by atoms with Gasteiger partial charge in [-0.05, 0) is 29.7 Å². The Bertz CT molecular complexity index is 634. The molecule has 0 aromatic heterocycles. The lowest BCUT2D eigenvalue weighted by molar-refractivity contribution is 0.304. The van der Waals surface area contributed by atoms with E-state index in [1.807, 2.05) is 48.5 Å². The monoisotopic (exact) mass is 326 g/mol. The maximum atomic E-state index is 8.69. The summed E-state index contributed by atoms with van der Waals surface area (Å²) in [5.41, 5.74) is 8.46. The van der Waals surface area contributed by atoms with Gasteiger partial charge in [-0.1, -0.05) is 74.2 Å². The maximum absolute atomic E-state index is 8.69. The van der Waals surface area contributed by atoms with E-state index < -0.39 is 0 Å². The number of nitrogens with two attached hydrogens (primary N) is 1. The molecule has 4 nitrogen and oxygen atoms in total. The van der Waals surface area contributed by atoms with Crippen molar-refractivity contribution in [1.82, 2.24) is 0 Å². The van der Waals surface area contributed by atoms with Gasteiger partial charge in [0.25, 0.3) is 0 Å². The predicted molar refractivity (Wildman–Crippen MR) is 98.6 cm³/mol. The van der Waals surface area contributed by atoms with Gasteiger partial charge in [-0.15, -0.1) is 0 Å². The van der Waals surface area contributed by atoms with Gasteiger partial charge in [-0.3, -0.25) is 0 Å². The first kappa shape index (κ1) is 17.9. The zero-order valence-electron chi connectivity index (χ0n) is 14.2. The highest BCUT2D eigenvalue weighted by Gasteiger charge is 2.02. The Balaban J connectivity index is 1.87. The van der Waals surface area contributed by atoms with Crippen LogP contribution in [0.1, 0.15) is 44.6 Å². The average molecular weight is 326 g/mol. The lowest BCUT2D eigenvalue weighted by Gasteiger charge is -2.08. The number of unbranched alkanes of at least 4 members (excludes halogenated alkanes) is 4. The minimum absolute atomic E-state index is 0.115. The molecule has 0 radical (unpaired) electrons. The quantitative estimate of drug-likeness (QED) is 0.229. The van der Waals surface area contributed by atoms with Crippen LogP contribution in [-0.4, -0.2) is 17.6 Å². The maximum Gasteiger partial charge on any atom is 0.170 e. The fraction of sp³-hybridized carbons (Fsp3) is 0.350. The molecule has 4 heteroatoms. The molecule has 0 saturated carbocycles. The molecule has 0 aliphatic rings. The SMILES string of the molecule is CCCCCCCOc1ccc(-c2ccc(/C(N)=N\O)cc2)cc1. The van der Waals surface area contributed by atoms with Crippen LogP contribution in [0.5, 0.6) is 5.75 Å². The van der Waals surface area contributed by atoms with Crippen LogP contribution in [0.4, 0.5) is 0 Å². The fourth-order valence-corrected chi connectivity index (χ4v) is 2.53. The molecule has 0 aliphatic carbocycles. The van der Waals surface area contributed by atoms with Crippen LogP contribution < -0.4 is 10.5 Å². The van der Waals surface area contributed by atoms with E-state index in [2.05, 4.69) is 12.1 Å². The standard InChI is InChI=1S/C20H26N2O2/c1-2-3-4-5-6-15-24-19-13-11-17(12-14-19)16-7-9-18(10-8-16)20(21)22-23/h7-14,23H,2-6,15H2,1H3,(H2,21,22). The summed E-state index contributed by atoms with van der Waals surface area (Å²) in [5.74, 6) is 1.02. The van der Waals surface area contributed by atoms with Crippen molar-refractivity contribution in [2.24, 2.45) is 10.9 Å². The van der Waals surface area contributed by atoms with Crippen molar-refractivity contribution in [3.8, 4) is 16.9 Å². The Morgan fingerprint density at radius 1 is 0.917 bits per heavy atom. The van der Waals surface area contributed by atoms with Crippen LogP contribution in [0.25, 0.3) is 11.1 Å². The Hall–Kier alpha value is -2.49. The number of hydrogen-bond acceptors (Lipinski definition) is 3. The summed E-state index contributed by atoms with van der Waals surface area (Å²) in [6, 6.07) is 15.7. The molecule has 0 aliphatic heterocycles. The molecule has 2 rings (SSSR count). The molecule has 0 heterocycles. The summed E-state index contributed by atoms with van der Waals surface area (Å²) < 4.78 is 5.78. The van der Waals surface area contributed by atoms with Crippen LogP contribution in [0.15, 0.2) is 53.7 Å². The number of ether oxygens (including phenoxy) is 1. The van der Waals surface area contributed by atoms with Crippen LogP contribution in [0.2, 0.25) is 0 Å². The molecule has 0 spiro atoms. The predicted octanol–water partition coefficient (Wildman–Crippen LogP) is 4.80. The second-order valence-corrected chi connectivity index (χ2v) is 5.85. The Kier molecular flexibility index (Phi) is 7.15. The molecule has 0 unspecified atom stereocenters. The van der Waals surface area contributed by atoms with Crippen molar-refractivity contribution in [3.63, 3.8) is 0 Å². The fourth-order valence-electron chi connectivity index (χ4n) is 2.53. The summed E-state index contributed by atoms with van der Waals surface area (Å²) in [7, 11) is 0. The third kappa shape index (κ3) is 5.30. The third-order valence-electron chi connectivity index (χ3n) is 3.99. The highest BCUT2D eigenvalue weighted by atomic mass is 16.5. The van der Waals surface area contributed by atoms with Crippen molar-refractivity contribution >= 4 is 5.84 Å². The molecule has 2 aromatic carbocycles. The van der Waals surface area contributed by atoms with Crippen LogP contribution in [-0.2, 0) is 0 Å². The minimum atomic E-state index is 0.115. The summed E-state index contributed by atoms with van der Waals surface area (Å²) in [6.07, 6.45) is 6.21. The van der Waals surface area contributed by atoms with Gasteiger partial charge in [0.2, 0.25) is 0 Å². The number of oxime groups is 1. The summed E-state index contributed by atoms with van der Waals surface area (Å²) in [5, 5.41) is 11.7. The average Bonchev–Trinajstić information content (AvgIpc) is 2.64. The van der Waals surface area contributed by atoms with Gasteiger partial charge < -0.3 is 15.7 Å². The van der Waals surface area contributed by atoms with E-state index in [9.17, 15) is 0 Å². The van der Waals surface area contributed by atoms with Gasteiger partial charge in [0, 0.05) is 5.56 Å². The Morgan fingerprint density at radius 3 is 2.08 bits per heavy atom. The van der Waals surface area contributed by atoms with Crippen molar-refractivity contribution in [3.05, 3.63) is 54.1 Å². The zero-order chi connectivity index (χ0) is 17.2. The van der Waals surface area contributed by atoms with Gasteiger partial charge in [0.05, 0.1) is 6.61 Å². The van der Waals surface area contributed by atoms with Gasteiger partial charge in [-0.25, -0.2) is 0 Å². The van der Waals surface area contributed by atoms with E-state index in [-0.39, 0.29) is 5.84 Å². The minimum Gasteiger partial charge on any atom is -0.494 e. The molecule has 0 atom stereocenters. The summed E-state index contributed by atoms with van der Waals surface area (Å²) >= 11 is 0. The topological polar surface area (TPSA) is 67.8 Å². The summed E-state index contributed by atoms with van der Waals surface area (Å²) in [6.45, 7) is 3.00. The second-order valence-electron chi connectivity index (χ2n) is 5.85. The molecule has 0 amide bonds. The summed E-state index contributed by atoms with van der Waals surface area (Å²) in [4.78, 5) is 0. The largest absolute Gasteiger partial charge is 0.494 e. The number of nitrogens with zero attached hydrogens (tertiary/aromatic N) is 1. The second kappa shape index (κ2) is 9.60. The molecule has 24 heavy (non-hydrogen) atoms. The van der Waals surface area contributed by atoms with Gasteiger partial charge in [0.15, 0.2) is 5.84 Å². The number of amidine groups is 1. The van der Waals surface area contributed by atoms with E-state index in [4.69, 9.17) is 15.7 Å². The first-order valence-corrected chi connectivity index (χ1v) is 8.55. The Labute approximate surface area is 144 Å². The van der Waals surface area contributed by atoms with Crippen molar-refractivity contribution in [2.45, 2.75) is 39.0 Å². The van der Waals surface area contributed by atoms with E-state index in [0.717, 1.165) is 29.9 Å².